The van der Waals surface area contributed by atoms with Crippen molar-refractivity contribution in [3.05, 3.63) is 59.7 Å². The van der Waals surface area contributed by atoms with E-state index in [-0.39, 0.29) is 29.9 Å². The SMILES string of the molecule is CN=C(NCCNC(=O)c1ccccc1)N(C)Cc1ccc(OC)cc1OC.I. The summed E-state index contributed by atoms with van der Waals surface area (Å²) in [7, 11) is 6.94. The lowest BCUT2D eigenvalue weighted by Crippen LogP contribution is -2.42. The molecule has 0 saturated heterocycles. The number of nitrogens with one attached hydrogen (secondary N) is 2. The molecule has 2 aromatic rings. The maximum atomic E-state index is 12.1. The third-order valence-electron chi connectivity index (χ3n) is 4.20. The highest BCUT2D eigenvalue weighted by molar-refractivity contribution is 14.0. The average molecular weight is 512 g/mol. The molecule has 0 atom stereocenters. The van der Waals surface area contributed by atoms with E-state index in [4.69, 9.17) is 9.47 Å². The van der Waals surface area contributed by atoms with Crippen LogP contribution in [0.25, 0.3) is 0 Å². The molecule has 0 unspecified atom stereocenters. The number of benzene rings is 2. The topological polar surface area (TPSA) is 75.2 Å². The fraction of sp³-hybridized carbons (Fsp3) is 0.333. The summed E-state index contributed by atoms with van der Waals surface area (Å²) < 4.78 is 10.7. The zero-order chi connectivity index (χ0) is 20.4. The summed E-state index contributed by atoms with van der Waals surface area (Å²) >= 11 is 0. The quantitative estimate of drug-likeness (QED) is 0.246. The molecule has 1 amide bonds. The minimum atomic E-state index is -0.0892. The number of hydrogen-bond donors (Lipinski definition) is 2. The van der Waals surface area contributed by atoms with Gasteiger partial charge in [-0.1, -0.05) is 18.2 Å². The minimum Gasteiger partial charge on any atom is -0.497 e. The summed E-state index contributed by atoms with van der Waals surface area (Å²) in [4.78, 5) is 18.3. The number of rotatable bonds is 8. The second kappa shape index (κ2) is 12.9. The van der Waals surface area contributed by atoms with Gasteiger partial charge in [-0.15, -0.1) is 24.0 Å². The number of guanidine groups is 1. The van der Waals surface area contributed by atoms with E-state index in [1.54, 1.807) is 33.4 Å². The molecule has 0 aliphatic heterocycles. The van der Waals surface area contributed by atoms with Crippen molar-refractivity contribution in [1.82, 2.24) is 15.5 Å². The molecular formula is C21H29IN4O3. The Kier molecular flexibility index (Phi) is 10.9. The Hall–Kier alpha value is -2.49. The van der Waals surface area contributed by atoms with Crippen molar-refractivity contribution in [2.75, 3.05) is 41.4 Å². The van der Waals surface area contributed by atoms with Crippen molar-refractivity contribution in [1.29, 1.82) is 0 Å². The number of aliphatic imine (C=N–C) groups is 1. The molecule has 7 nitrogen and oxygen atoms in total. The molecule has 0 radical (unpaired) electrons. The van der Waals surface area contributed by atoms with E-state index in [2.05, 4.69) is 15.6 Å². The summed E-state index contributed by atoms with van der Waals surface area (Å²) in [5.74, 6) is 2.15. The Morgan fingerprint density at radius 1 is 1.03 bits per heavy atom. The van der Waals surface area contributed by atoms with Crippen molar-refractivity contribution < 1.29 is 14.3 Å². The number of ether oxygens (including phenoxy) is 2. The van der Waals surface area contributed by atoms with Crippen LogP contribution in [-0.4, -0.2) is 58.2 Å². The van der Waals surface area contributed by atoms with Crippen LogP contribution in [0, 0.1) is 0 Å². The van der Waals surface area contributed by atoms with Crippen LogP contribution in [-0.2, 0) is 6.54 Å². The van der Waals surface area contributed by atoms with Gasteiger partial charge in [0.2, 0.25) is 0 Å². The Balaban J connectivity index is 0.00000420. The number of carbonyl (C=O) groups is 1. The zero-order valence-corrected chi connectivity index (χ0v) is 19.6. The van der Waals surface area contributed by atoms with Gasteiger partial charge < -0.3 is 25.0 Å². The maximum absolute atomic E-state index is 12.1. The highest BCUT2D eigenvalue weighted by Crippen LogP contribution is 2.25. The third kappa shape index (κ3) is 7.45. The average Bonchev–Trinajstić information content (AvgIpc) is 2.74. The third-order valence-corrected chi connectivity index (χ3v) is 4.20. The van der Waals surface area contributed by atoms with Gasteiger partial charge in [-0.05, 0) is 24.3 Å². The zero-order valence-electron chi connectivity index (χ0n) is 17.3. The molecule has 0 aliphatic rings. The van der Waals surface area contributed by atoms with Gasteiger partial charge in [0.15, 0.2) is 5.96 Å². The first-order valence-electron chi connectivity index (χ1n) is 9.05. The maximum Gasteiger partial charge on any atom is 0.251 e. The second-order valence-corrected chi connectivity index (χ2v) is 6.13. The Morgan fingerprint density at radius 3 is 2.34 bits per heavy atom. The first kappa shape index (κ1) is 24.5. The molecule has 0 aromatic heterocycles. The molecular weight excluding hydrogens is 483 g/mol. The molecule has 0 aliphatic carbocycles. The van der Waals surface area contributed by atoms with Crippen molar-refractivity contribution in [3.63, 3.8) is 0 Å². The predicted molar refractivity (Wildman–Crippen MR) is 127 cm³/mol. The van der Waals surface area contributed by atoms with E-state index in [9.17, 15) is 4.79 Å². The van der Waals surface area contributed by atoms with E-state index in [1.165, 1.54) is 0 Å². The Bertz CT molecular complexity index is 800. The van der Waals surface area contributed by atoms with E-state index < -0.39 is 0 Å². The van der Waals surface area contributed by atoms with Gasteiger partial charge >= 0.3 is 0 Å². The van der Waals surface area contributed by atoms with Crippen molar-refractivity contribution in [2.24, 2.45) is 4.99 Å². The van der Waals surface area contributed by atoms with E-state index in [0.29, 0.717) is 25.2 Å². The van der Waals surface area contributed by atoms with Crippen LogP contribution in [0.5, 0.6) is 11.5 Å². The normalized spacial score (nSPS) is 10.6. The molecule has 8 heteroatoms. The van der Waals surface area contributed by atoms with Crippen LogP contribution in [0.4, 0.5) is 0 Å². The van der Waals surface area contributed by atoms with Crippen LogP contribution in [0.15, 0.2) is 53.5 Å². The van der Waals surface area contributed by atoms with Crippen LogP contribution < -0.4 is 20.1 Å². The Labute approximate surface area is 189 Å². The smallest absolute Gasteiger partial charge is 0.251 e. The second-order valence-electron chi connectivity index (χ2n) is 6.13. The Morgan fingerprint density at radius 2 is 1.72 bits per heavy atom. The standard InChI is InChI=1S/C21H28N4O3.HI/c1-22-21(24-13-12-23-20(26)16-8-6-5-7-9-16)25(2)15-17-10-11-18(27-3)14-19(17)28-4;/h5-11,14H,12-13,15H2,1-4H3,(H,22,24)(H,23,26);1H. The van der Waals surface area contributed by atoms with Gasteiger partial charge in [-0.2, -0.15) is 0 Å². The molecule has 158 valence electrons. The number of carbonyl (C=O) groups excluding carboxylic acids is 1. The van der Waals surface area contributed by atoms with Crippen molar-refractivity contribution >= 4 is 35.8 Å². The number of hydrogen-bond acceptors (Lipinski definition) is 4. The summed E-state index contributed by atoms with van der Waals surface area (Å²) in [6, 6.07) is 14.9. The molecule has 2 N–H and O–H groups in total. The van der Waals surface area contributed by atoms with E-state index in [0.717, 1.165) is 23.0 Å². The predicted octanol–water partition coefficient (Wildman–Crippen LogP) is 2.76. The van der Waals surface area contributed by atoms with Gasteiger partial charge in [0.1, 0.15) is 11.5 Å². The van der Waals surface area contributed by atoms with E-state index >= 15 is 0 Å². The first-order valence-corrected chi connectivity index (χ1v) is 9.05. The summed E-state index contributed by atoms with van der Waals surface area (Å²) in [6.07, 6.45) is 0. The monoisotopic (exact) mass is 512 g/mol. The molecule has 0 bridgehead atoms. The molecule has 0 saturated carbocycles. The molecule has 2 aromatic carbocycles. The number of amides is 1. The van der Waals surface area contributed by atoms with Crippen molar-refractivity contribution in [2.45, 2.75) is 6.54 Å². The van der Waals surface area contributed by atoms with Crippen LogP contribution >= 0.6 is 24.0 Å². The van der Waals surface area contributed by atoms with Crippen LogP contribution in [0.2, 0.25) is 0 Å². The van der Waals surface area contributed by atoms with Gasteiger partial charge in [-0.3, -0.25) is 9.79 Å². The lowest BCUT2D eigenvalue weighted by atomic mass is 10.2. The number of nitrogens with zero attached hydrogens (tertiary/aromatic N) is 2. The van der Waals surface area contributed by atoms with Gasteiger partial charge in [0, 0.05) is 50.9 Å². The molecule has 29 heavy (non-hydrogen) atoms. The first-order chi connectivity index (χ1) is 13.6. The van der Waals surface area contributed by atoms with Crippen molar-refractivity contribution in [3.8, 4) is 11.5 Å². The lowest BCUT2D eigenvalue weighted by Gasteiger charge is -2.23. The van der Waals surface area contributed by atoms with Crippen LogP contribution in [0.3, 0.4) is 0 Å². The fourth-order valence-electron chi connectivity index (χ4n) is 2.74. The highest BCUT2D eigenvalue weighted by Gasteiger charge is 2.11. The van der Waals surface area contributed by atoms with Gasteiger partial charge in [-0.25, -0.2) is 0 Å². The highest BCUT2D eigenvalue weighted by atomic mass is 127. The summed E-state index contributed by atoms with van der Waals surface area (Å²) in [6.45, 7) is 1.67. The number of halogens is 1. The van der Waals surface area contributed by atoms with Crippen LogP contribution in [0.1, 0.15) is 15.9 Å². The fourth-order valence-corrected chi connectivity index (χ4v) is 2.74. The van der Waals surface area contributed by atoms with E-state index in [1.807, 2.05) is 48.3 Å². The van der Waals surface area contributed by atoms with Gasteiger partial charge in [0.25, 0.3) is 5.91 Å². The van der Waals surface area contributed by atoms with Gasteiger partial charge in [0.05, 0.1) is 14.2 Å². The summed E-state index contributed by atoms with van der Waals surface area (Å²) in [5, 5.41) is 6.14. The largest absolute Gasteiger partial charge is 0.497 e. The minimum absolute atomic E-state index is 0. The molecule has 0 spiro atoms. The molecule has 2 rings (SSSR count). The molecule has 0 fully saturated rings. The molecule has 0 heterocycles. The number of methoxy groups -OCH3 is 2. The lowest BCUT2D eigenvalue weighted by molar-refractivity contribution is 0.0954. The summed E-state index contributed by atoms with van der Waals surface area (Å²) in [5.41, 5.74) is 1.67.